The molecule has 6 nitrogen and oxygen atoms in total. The number of imide groups is 1. The summed E-state index contributed by atoms with van der Waals surface area (Å²) in [5.74, 6) is -0.862. The van der Waals surface area contributed by atoms with E-state index in [9.17, 15) is 18.0 Å². The lowest BCUT2D eigenvalue weighted by Crippen LogP contribution is -2.29. The molecular formula is C21H16N2O4S. The molecule has 0 atom stereocenters. The van der Waals surface area contributed by atoms with Crippen molar-refractivity contribution in [2.75, 3.05) is 9.62 Å². The second-order valence-corrected chi connectivity index (χ2v) is 8.15. The van der Waals surface area contributed by atoms with Crippen LogP contribution in [-0.2, 0) is 10.0 Å². The zero-order valence-electron chi connectivity index (χ0n) is 14.9. The molecule has 3 aromatic rings. The second kappa shape index (κ2) is 6.61. The summed E-state index contributed by atoms with van der Waals surface area (Å²) >= 11 is 0. The molecule has 28 heavy (non-hydrogen) atoms. The van der Waals surface area contributed by atoms with Crippen molar-refractivity contribution in [2.45, 2.75) is 11.8 Å². The van der Waals surface area contributed by atoms with Gasteiger partial charge in [0.1, 0.15) is 0 Å². The molecule has 0 radical (unpaired) electrons. The van der Waals surface area contributed by atoms with Gasteiger partial charge in [-0.3, -0.25) is 14.3 Å². The Kier molecular flexibility index (Phi) is 4.24. The van der Waals surface area contributed by atoms with Crippen molar-refractivity contribution in [3.8, 4) is 0 Å². The summed E-state index contributed by atoms with van der Waals surface area (Å²) in [7, 11) is -3.80. The van der Waals surface area contributed by atoms with E-state index < -0.39 is 21.8 Å². The van der Waals surface area contributed by atoms with Crippen LogP contribution in [0.25, 0.3) is 0 Å². The standard InChI is InChI=1S/C21H16N2O4S/c1-14-6-4-9-17(12-14)28(26,27)22-15-7-5-8-16(13-15)23-20(24)18-10-2-3-11-19(18)21(23)25/h2-13,22H,1H3. The van der Waals surface area contributed by atoms with Crippen LogP contribution in [0.5, 0.6) is 0 Å². The number of carbonyl (C=O) groups is 2. The normalized spacial score (nSPS) is 13.5. The number of hydrogen-bond acceptors (Lipinski definition) is 4. The number of hydrogen-bond donors (Lipinski definition) is 1. The number of rotatable bonds is 4. The van der Waals surface area contributed by atoms with E-state index in [0.29, 0.717) is 16.8 Å². The van der Waals surface area contributed by atoms with E-state index in [1.165, 1.54) is 12.1 Å². The lowest BCUT2D eigenvalue weighted by Gasteiger charge is -2.16. The maximum Gasteiger partial charge on any atom is 0.266 e. The van der Waals surface area contributed by atoms with Crippen LogP contribution in [0.4, 0.5) is 11.4 Å². The van der Waals surface area contributed by atoms with E-state index in [0.717, 1.165) is 10.5 Å². The molecule has 0 saturated heterocycles. The molecular weight excluding hydrogens is 376 g/mol. The van der Waals surface area contributed by atoms with Gasteiger partial charge in [0.2, 0.25) is 0 Å². The van der Waals surface area contributed by atoms with Gasteiger partial charge in [0.05, 0.1) is 27.4 Å². The van der Waals surface area contributed by atoms with Crippen molar-refractivity contribution in [3.05, 3.63) is 89.5 Å². The Morgan fingerprint density at radius 1 is 0.786 bits per heavy atom. The van der Waals surface area contributed by atoms with Crippen LogP contribution in [0.3, 0.4) is 0 Å². The van der Waals surface area contributed by atoms with Gasteiger partial charge in [-0.25, -0.2) is 13.3 Å². The van der Waals surface area contributed by atoms with Gasteiger partial charge in [-0.05, 0) is 55.0 Å². The maximum absolute atomic E-state index is 12.6. The molecule has 0 aliphatic carbocycles. The molecule has 4 rings (SSSR count). The molecule has 0 aromatic heterocycles. The first-order valence-corrected chi connectivity index (χ1v) is 10.0. The van der Waals surface area contributed by atoms with E-state index in [1.54, 1.807) is 54.6 Å². The highest BCUT2D eigenvalue weighted by molar-refractivity contribution is 7.92. The summed E-state index contributed by atoms with van der Waals surface area (Å²) in [5.41, 5.74) is 2.05. The van der Waals surface area contributed by atoms with Crippen LogP contribution in [0.2, 0.25) is 0 Å². The van der Waals surface area contributed by atoms with E-state index in [1.807, 2.05) is 13.0 Å². The van der Waals surface area contributed by atoms with Crippen LogP contribution >= 0.6 is 0 Å². The highest BCUT2D eigenvalue weighted by Gasteiger charge is 2.36. The van der Waals surface area contributed by atoms with Crippen molar-refractivity contribution in [2.24, 2.45) is 0 Å². The van der Waals surface area contributed by atoms with Gasteiger partial charge in [0, 0.05) is 0 Å². The third-order valence-electron chi connectivity index (χ3n) is 4.45. The Balaban J connectivity index is 1.66. The van der Waals surface area contributed by atoms with E-state index in [-0.39, 0.29) is 10.6 Å². The minimum atomic E-state index is -3.80. The van der Waals surface area contributed by atoms with E-state index in [4.69, 9.17) is 0 Å². The minimum absolute atomic E-state index is 0.138. The predicted octanol–water partition coefficient (Wildman–Crippen LogP) is 3.60. The molecule has 0 saturated carbocycles. The number of nitrogens with one attached hydrogen (secondary N) is 1. The largest absolute Gasteiger partial charge is 0.280 e. The number of fused-ring (bicyclic) bond motifs is 1. The summed E-state index contributed by atoms with van der Waals surface area (Å²) in [6, 6.07) is 19.3. The van der Waals surface area contributed by atoms with Crippen molar-refractivity contribution >= 4 is 33.2 Å². The molecule has 0 bridgehead atoms. The van der Waals surface area contributed by atoms with Crippen molar-refractivity contribution in [1.82, 2.24) is 0 Å². The van der Waals surface area contributed by atoms with Crippen molar-refractivity contribution in [3.63, 3.8) is 0 Å². The maximum atomic E-state index is 12.6. The lowest BCUT2D eigenvalue weighted by molar-refractivity contribution is 0.0926. The number of benzene rings is 3. The topological polar surface area (TPSA) is 83.6 Å². The van der Waals surface area contributed by atoms with Gasteiger partial charge in [0.25, 0.3) is 21.8 Å². The third-order valence-corrected chi connectivity index (χ3v) is 5.83. The number of nitrogens with zero attached hydrogens (tertiary/aromatic N) is 1. The summed E-state index contributed by atoms with van der Waals surface area (Å²) in [6.07, 6.45) is 0. The van der Waals surface area contributed by atoms with Gasteiger partial charge in [0.15, 0.2) is 0 Å². The smallest absolute Gasteiger partial charge is 0.266 e. The number of amides is 2. The molecule has 0 spiro atoms. The van der Waals surface area contributed by atoms with E-state index >= 15 is 0 Å². The number of anilines is 2. The van der Waals surface area contributed by atoms with Gasteiger partial charge < -0.3 is 0 Å². The zero-order chi connectivity index (χ0) is 19.9. The minimum Gasteiger partial charge on any atom is -0.280 e. The Morgan fingerprint density at radius 2 is 1.43 bits per heavy atom. The monoisotopic (exact) mass is 392 g/mol. The summed E-state index contributed by atoms with van der Waals surface area (Å²) in [5, 5.41) is 0. The molecule has 1 aliphatic heterocycles. The summed E-state index contributed by atoms with van der Waals surface area (Å²) in [6.45, 7) is 1.81. The Bertz CT molecular complexity index is 1180. The molecule has 140 valence electrons. The first-order chi connectivity index (χ1) is 13.4. The van der Waals surface area contributed by atoms with Crippen molar-refractivity contribution in [1.29, 1.82) is 0 Å². The number of aryl methyl sites for hydroxylation is 1. The predicted molar refractivity (Wildman–Crippen MR) is 106 cm³/mol. The molecule has 3 aromatic carbocycles. The van der Waals surface area contributed by atoms with Crippen LogP contribution in [0.1, 0.15) is 26.3 Å². The molecule has 7 heteroatoms. The van der Waals surface area contributed by atoms with Crippen LogP contribution in [-0.4, -0.2) is 20.2 Å². The number of sulfonamides is 1. The molecule has 0 fully saturated rings. The van der Waals surface area contributed by atoms with Crippen LogP contribution in [0, 0.1) is 6.92 Å². The first kappa shape index (κ1) is 17.9. The lowest BCUT2D eigenvalue weighted by atomic mass is 10.1. The van der Waals surface area contributed by atoms with Gasteiger partial charge in [-0.15, -0.1) is 0 Å². The fourth-order valence-electron chi connectivity index (χ4n) is 3.13. The van der Waals surface area contributed by atoms with Crippen molar-refractivity contribution < 1.29 is 18.0 Å². The Hall–Kier alpha value is -3.45. The molecule has 1 N–H and O–H groups in total. The fraction of sp³-hybridized carbons (Fsp3) is 0.0476. The Labute approximate surface area is 162 Å². The number of carbonyl (C=O) groups excluding carboxylic acids is 2. The third kappa shape index (κ3) is 3.05. The molecule has 2 amide bonds. The second-order valence-electron chi connectivity index (χ2n) is 6.46. The van der Waals surface area contributed by atoms with Crippen LogP contribution in [0.15, 0.2) is 77.7 Å². The highest BCUT2D eigenvalue weighted by Crippen LogP contribution is 2.30. The van der Waals surface area contributed by atoms with Gasteiger partial charge in [-0.1, -0.05) is 30.3 Å². The summed E-state index contributed by atoms with van der Waals surface area (Å²) < 4.78 is 27.8. The van der Waals surface area contributed by atoms with Crippen LogP contribution < -0.4 is 9.62 Å². The van der Waals surface area contributed by atoms with E-state index in [2.05, 4.69) is 4.72 Å². The molecule has 1 aliphatic rings. The average molecular weight is 392 g/mol. The van der Waals surface area contributed by atoms with Gasteiger partial charge >= 0.3 is 0 Å². The quantitative estimate of drug-likeness (QED) is 0.688. The fourth-order valence-corrected chi connectivity index (χ4v) is 4.28. The SMILES string of the molecule is Cc1cccc(S(=O)(=O)Nc2cccc(N3C(=O)c4ccccc4C3=O)c2)c1. The Morgan fingerprint density at radius 3 is 2.07 bits per heavy atom. The zero-order valence-corrected chi connectivity index (χ0v) is 15.7. The summed E-state index contributed by atoms with van der Waals surface area (Å²) in [4.78, 5) is 26.4. The van der Waals surface area contributed by atoms with Gasteiger partial charge in [-0.2, -0.15) is 0 Å². The first-order valence-electron chi connectivity index (χ1n) is 8.54. The molecule has 0 unspecified atom stereocenters. The highest BCUT2D eigenvalue weighted by atomic mass is 32.2. The molecule has 1 heterocycles. The average Bonchev–Trinajstić information content (AvgIpc) is 2.93.